The highest BCUT2D eigenvalue weighted by Crippen LogP contribution is 2.40. The van der Waals surface area contributed by atoms with Gasteiger partial charge in [-0.05, 0) is 42.5 Å². The zero-order chi connectivity index (χ0) is 23.4. The van der Waals surface area contributed by atoms with Crippen LogP contribution < -0.4 is 5.73 Å². The molecule has 0 saturated heterocycles. The Morgan fingerprint density at radius 2 is 1.71 bits per heavy atom. The molecule has 2 aromatic carbocycles. The summed E-state index contributed by atoms with van der Waals surface area (Å²) in [5.41, 5.74) is 13.9. The highest BCUT2D eigenvalue weighted by atomic mass is 16.5. The summed E-state index contributed by atoms with van der Waals surface area (Å²) >= 11 is 0. The number of aromatic nitrogens is 5. The fraction of sp³-hybridized carbons (Fsp3) is 0.143. The quantitative estimate of drug-likeness (QED) is 0.369. The summed E-state index contributed by atoms with van der Waals surface area (Å²) in [6, 6.07) is 24.8. The standard InChI is InChI=1S/C28H22N6O/c29-28(13-4-14-28)20-9-7-19(8-10-20)25-21(18-5-2-1-3-6-18)17-22-23(30-25)11-15-34-26(22)31-32-27(34)24-12-16-35-33-24/h1-3,5-12,15-17H,4,13-14,29H2. The third kappa shape index (κ3) is 3.16. The number of pyridine rings is 2. The van der Waals surface area contributed by atoms with E-state index in [1.807, 2.05) is 34.9 Å². The largest absolute Gasteiger partial charge is 0.364 e. The van der Waals surface area contributed by atoms with E-state index in [0.717, 1.165) is 51.8 Å². The van der Waals surface area contributed by atoms with Gasteiger partial charge in [-0.25, -0.2) is 4.98 Å². The number of rotatable bonds is 4. The van der Waals surface area contributed by atoms with Gasteiger partial charge in [0.15, 0.2) is 17.2 Å². The lowest BCUT2D eigenvalue weighted by Crippen LogP contribution is -2.43. The van der Waals surface area contributed by atoms with E-state index in [2.05, 4.69) is 57.8 Å². The molecule has 0 amide bonds. The van der Waals surface area contributed by atoms with Gasteiger partial charge in [-0.15, -0.1) is 10.2 Å². The molecule has 7 nitrogen and oxygen atoms in total. The lowest BCUT2D eigenvalue weighted by atomic mass is 9.72. The molecule has 35 heavy (non-hydrogen) atoms. The van der Waals surface area contributed by atoms with E-state index in [1.54, 1.807) is 6.07 Å². The third-order valence-electron chi connectivity index (χ3n) is 7.10. The second-order valence-corrected chi connectivity index (χ2v) is 9.19. The van der Waals surface area contributed by atoms with Crippen molar-refractivity contribution in [1.82, 2.24) is 24.7 Å². The van der Waals surface area contributed by atoms with E-state index in [9.17, 15) is 0 Å². The summed E-state index contributed by atoms with van der Waals surface area (Å²) in [6.07, 6.45) is 6.74. The van der Waals surface area contributed by atoms with Gasteiger partial charge in [0, 0.05) is 34.3 Å². The number of hydrogen-bond acceptors (Lipinski definition) is 6. The SMILES string of the molecule is NC1(c2ccc(-c3nc4ccn5c(-c6ccon6)nnc5c4cc3-c3ccccc3)cc2)CCC1. The average Bonchev–Trinajstić information content (AvgIpc) is 3.57. The van der Waals surface area contributed by atoms with Crippen molar-refractivity contribution in [3.05, 3.63) is 90.8 Å². The van der Waals surface area contributed by atoms with Crippen LogP contribution in [0.4, 0.5) is 0 Å². The molecular weight excluding hydrogens is 436 g/mol. The minimum atomic E-state index is -0.182. The van der Waals surface area contributed by atoms with Crippen molar-refractivity contribution < 1.29 is 4.52 Å². The van der Waals surface area contributed by atoms with Crippen LogP contribution in [0.3, 0.4) is 0 Å². The van der Waals surface area contributed by atoms with Gasteiger partial charge in [0.25, 0.3) is 0 Å². The number of hydrogen-bond donors (Lipinski definition) is 1. The molecule has 1 fully saturated rings. The summed E-state index contributed by atoms with van der Waals surface area (Å²) in [4.78, 5) is 5.12. The van der Waals surface area contributed by atoms with Crippen LogP contribution in [0, 0.1) is 0 Å². The van der Waals surface area contributed by atoms with Crippen molar-refractivity contribution in [2.24, 2.45) is 5.73 Å². The number of benzene rings is 2. The monoisotopic (exact) mass is 458 g/mol. The Kier molecular flexibility index (Phi) is 4.34. The first-order valence-electron chi connectivity index (χ1n) is 11.7. The first kappa shape index (κ1) is 20.1. The predicted molar refractivity (Wildman–Crippen MR) is 134 cm³/mol. The van der Waals surface area contributed by atoms with E-state index in [1.165, 1.54) is 18.2 Å². The van der Waals surface area contributed by atoms with Crippen LogP contribution in [-0.4, -0.2) is 24.7 Å². The maximum atomic E-state index is 6.56. The van der Waals surface area contributed by atoms with Gasteiger partial charge in [0.2, 0.25) is 0 Å². The van der Waals surface area contributed by atoms with Crippen LogP contribution in [-0.2, 0) is 5.54 Å². The van der Waals surface area contributed by atoms with Gasteiger partial charge in [-0.2, -0.15) is 0 Å². The van der Waals surface area contributed by atoms with Crippen molar-refractivity contribution in [1.29, 1.82) is 0 Å². The summed E-state index contributed by atoms with van der Waals surface area (Å²) in [5.74, 6) is 0.628. The molecule has 7 rings (SSSR count). The van der Waals surface area contributed by atoms with Gasteiger partial charge in [0.1, 0.15) is 6.26 Å². The average molecular weight is 459 g/mol. The van der Waals surface area contributed by atoms with Crippen molar-refractivity contribution >= 4 is 16.6 Å². The number of nitrogens with two attached hydrogens (primary N) is 1. The predicted octanol–water partition coefficient (Wildman–Crippen LogP) is 5.60. The molecule has 0 aliphatic heterocycles. The van der Waals surface area contributed by atoms with E-state index >= 15 is 0 Å². The van der Waals surface area contributed by atoms with Crippen LogP contribution in [0.2, 0.25) is 0 Å². The van der Waals surface area contributed by atoms with E-state index in [-0.39, 0.29) is 5.54 Å². The Morgan fingerprint density at radius 3 is 2.43 bits per heavy atom. The highest BCUT2D eigenvalue weighted by Gasteiger charge is 2.34. The second kappa shape index (κ2) is 7.58. The molecule has 0 radical (unpaired) electrons. The van der Waals surface area contributed by atoms with Crippen LogP contribution in [0.25, 0.3) is 50.5 Å². The fourth-order valence-electron chi connectivity index (χ4n) is 4.96. The summed E-state index contributed by atoms with van der Waals surface area (Å²) in [7, 11) is 0. The lowest BCUT2D eigenvalue weighted by Gasteiger charge is -2.38. The van der Waals surface area contributed by atoms with E-state index in [4.69, 9.17) is 15.2 Å². The second-order valence-electron chi connectivity index (χ2n) is 9.19. The van der Waals surface area contributed by atoms with Crippen LogP contribution in [0.15, 0.2) is 89.8 Å². The van der Waals surface area contributed by atoms with Crippen LogP contribution in [0.1, 0.15) is 24.8 Å². The van der Waals surface area contributed by atoms with Gasteiger partial charge in [-0.1, -0.05) is 59.8 Å². The van der Waals surface area contributed by atoms with Gasteiger partial charge in [-0.3, -0.25) is 4.40 Å². The Labute approximate surface area is 201 Å². The number of nitrogens with zero attached hydrogens (tertiary/aromatic N) is 5. The molecule has 0 unspecified atom stereocenters. The maximum Gasteiger partial charge on any atom is 0.190 e. The Bertz CT molecular complexity index is 1670. The zero-order valence-electron chi connectivity index (χ0n) is 18.9. The van der Waals surface area contributed by atoms with Crippen molar-refractivity contribution in [3.8, 4) is 33.9 Å². The fourth-order valence-corrected chi connectivity index (χ4v) is 4.96. The smallest absolute Gasteiger partial charge is 0.190 e. The molecule has 0 spiro atoms. The van der Waals surface area contributed by atoms with E-state index < -0.39 is 0 Å². The first-order valence-corrected chi connectivity index (χ1v) is 11.7. The normalized spacial score (nSPS) is 14.9. The lowest BCUT2D eigenvalue weighted by molar-refractivity contribution is 0.253. The molecule has 170 valence electrons. The Morgan fingerprint density at radius 1 is 0.886 bits per heavy atom. The molecule has 1 saturated carbocycles. The third-order valence-corrected chi connectivity index (χ3v) is 7.10. The molecule has 2 N–H and O–H groups in total. The first-order chi connectivity index (χ1) is 17.2. The molecular formula is C28H22N6O. The van der Waals surface area contributed by atoms with Crippen molar-refractivity contribution in [2.45, 2.75) is 24.8 Å². The molecule has 0 bridgehead atoms. The van der Waals surface area contributed by atoms with Crippen LogP contribution >= 0.6 is 0 Å². The van der Waals surface area contributed by atoms with Crippen molar-refractivity contribution in [2.75, 3.05) is 0 Å². The molecule has 1 aliphatic carbocycles. The Balaban J connectivity index is 1.43. The number of fused-ring (bicyclic) bond motifs is 3. The summed E-state index contributed by atoms with van der Waals surface area (Å²) < 4.78 is 6.93. The van der Waals surface area contributed by atoms with Gasteiger partial charge in [0.05, 0.1) is 11.2 Å². The molecule has 1 aliphatic rings. The summed E-state index contributed by atoms with van der Waals surface area (Å²) in [6.45, 7) is 0. The minimum absolute atomic E-state index is 0.182. The van der Waals surface area contributed by atoms with Gasteiger partial charge < -0.3 is 10.3 Å². The molecule has 6 aromatic rings. The maximum absolute atomic E-state index is 6.56. The topological polar surface area (TPSA) is 95.1 Å². The zero-order valence-corrected chi connectivity index (χ0v) is 18.9. The van der Waals surface area contributed by atoms with Crippen LogP contribution in [0.5, 0.6) is 0 Å². The molecule has 4 aromatic heterocycles. The van der Waals surface area contributed by atoms with Gasteiger partial charge >= 0.3 is 0 Å². The highest BCUT2D eigenvalue weighted by molar-refractivity contribution is 5.98. The molecule has 4 heterocycles. The Hall–Kier alpha value is -4.36. The molecule has 7 heteroatoms. The van der Waals surface area contributed by atoms with Crippen molar-refractivity contribution in [3.63, 3.8) is 0 Å². The van der Waals surface area contributed by atoms with E-state index in [0.29, 0.717) is 11.5 Å². The molecule has 0 atom stereocenters. The minimum Gasteiger partial charge on any atom is -0.364 e. The summed E-state index contributed by atoms with van der Waals surface area (Å²) in [5, 5.41) is 13.8.